The fourth-order valence-corrected chi connectivity index (χ4v) is 2.54. The summed E-state index contributed by atoms with van der Waals surface area (Å²) in [6, 6.07) is 4.21. The van der Waals surface area contributed by atoms with E-state index in [2.05, 4.69) is 42.0 Å². The van der Waals surface area contributed by atoms with Gasteiger partial charge < -0.3 is 4.42 Å². The highest BCUT2D eigenvalue weighted by molar-refractivity contribution is 5.24. The summed E-state index contributed by atoms with van der Waals surface area (Å²) >= 11 is 0. The van der Waals surface area contributed by atoms with Crippen molar-refractivity contribution in [3.8, 4) is 0 Å². The van der Waals surface area contributed by atoms with Gasteiger partial charge in [-0.1, -0.05) is 13.8 Å². The molecular formula is C15H24N4O. The lowest BCUT2D eigenvalue weighted by atomic mass is 10.0. The van der Waals surface area contributed by atoms with Gasteiger partial charge in [0.1, 0.15) is 5.76 Å². The lowest BCUT2D eigenvalue weighted by molar-refractivity contribution is 0.478. The van der Waals surface area contributed by atoms with E-state index in [0.717, 1.165) is 42.8 Å². The van der Waals surface area contributed by atoms with Crippen molar-refractivity contribution in [3.05, 3.63) is 41.1 Å². The maximum atomic E-state index is 5.74. The Labute approximate surface area is 120 Å². The molecule has 1 unspecified atom stereocenters. The van der Waals surface area contributed by atoms with Crippen LogP contribution in [0.2, 0.25) is 0 Å². The number of furan rings is 1. The van der Waals surface area contributed by atoms with Crippen LogP contribution < -0.4 is 11.3 Å². The molecule has 0 bridgehead atoms. The minimum atomic E-state index is 0.0513. The van der Waals surface area contributed by atoms with Gasteiger partial charge in [-0.15, -0.1) is 0 Å². The minimum absolute atomic E-state index is 0.0513. The smallest absolute Gasteiger partial charge is 0.108 e. The lowest BCUT2D eigenvalue weighted by Gasteiger charge is -2.16. The van der Waals surface area contributed by atoms with Gasteiger partial charge in [0.05, 0.1) is 18.0 Å². The van der Waals surface area contributed by atoms with Crippen molar-refractivity contribution in [1.29, 1.82) is 0 Å². The van der Waals surface area contributed by atoms with E-state index >= 15 is 0 Å². The van der Waals surface area contributed by atoms with Gasteiger partial charge in [0.15, 0.2) is 0 Å². The van der Waals surface area contributed by atoms with Crippen LogP contribution in [0.25, 0.3) is 0 Å². The van der Waals surface area contributed by atoms with E-state index in [1.54, 1.807) is 6.26 Å². The Hall–Kier alpha value is -1.59. The zero-order chi connectivity index (χ0) is 14.5. The zero-order valence-electron chi connectivity index (χ0n) is 12.5. The van der Waals surface area contributed by atoms with Crippen LogP contribution in [0.1, 0.15) is 49.5 Å². The van der Waals surface area contributed by atoms with Gasteiger partial charge >= 0.3 is 0 Å². The Morgan fingerprint density at radius 2 is 2.15 bits per heavy atom. The Kier molecular flexibility index (Phi) is 4.98. The molecule has 1 atom stereocenters. The third-order valence-electron chi connectivity index (χ3n) is 3.67. The van der Waals surface area contributed by atoms with Crippen LogP contribution in [0.15, 0.2) is 22.8 Å². The molecule has 0 saturated carbocycles. The topological polar surface area (TPSA) is 69.0 Å². The fourth-order valence-electron chi connectivity index (χ4n) is 2.54. The zero-order valence-corrected chi connectivity index (χ0v) is 12.5. The van der Waals surface area contributed by atoms with Crippen LogP contribution >= 0.6 is 0 Å². The number of rotatable bonds is 7. The third kappa shape index (κ3) is 2.94. The standard InChI is InChI=1S/C15H24N4O/c1-4-11-9-12(19(6-3)18-11)10-14(17-16)13-7-8-20-15(13)5-2/h7-9,14,17H,4-6,10,16H2,1-3H3. The number of hydrogen-bond donors (Lipinski definition) is 2. The number of nitrogens with zero attached hydrogens (tertiary/aromatic N) is 2. The molecule has 0 saturated heterocycles. The highest BCUT2D eigenvalue weighted by Gasteiger charge is 2.18. The van der Waals surface area contributed by atoms with E-state index in [0.29, 0.717) is 0 Å². The number of hydrazine groups is 1. The predicted molar refractivity (Wildman–Crippen MR) is 79.1 cm³/mol. The molecular weight excluding hydrogens is 252 g/mol. The van der Waals surface area contributed by atoms with Gasteiger partial charge in [-0.3, -0.25) is 16.0 Å². The molecule has 2 aromatic heterocycles. The lowest BCUT2D eigenvalue weighted by Crippen LogP contribution is -2.30. The molecule has 110 valence electrons. The average molecular weight is 276 g/mol. The molecule has 0 fully saturated rings. The van der Waals surface area contributed by atoms with Crippen LogP contribution in [0.4, 0.5) is 0 Å². The molecule has 0 aliphatic rings. The van der Waals surface area contributed by atoms with Crippen molar-refractivity contribution < 1.29 is 4.42 Å². The largest absolute Gasteiger partial charge is 0.469 e. The third-order valence-corrected chi connectivity index (χ3v) is 3.67. The van der Waals surface area contributed by atoms with Gasteiger partial charge in [-0.25, -0.2) is 0 Å². The molecule has 2 aromatic rings. The number of aryl methyl sites for hydroxylation is 3. The molecule has 5 nitrogen and oxygen atoms in total. The molecule has 0 amide bonds. The predicted octanol–water partition coefficient (Wildman–Crippen LogP) is 2.37. The van der Waals surface area contributed by atoms with E-state index in [-0.39, 0.29) is 6.04 Å². The molecule has 0 spiro atoms. The SMILES string of the molecule is CCc1cc(CC(NN)c2ccoc2CC)n(CC)n1. The Bertz CT molecular complexity index is 544. The summed E-state index contributed by atoms with van der Waals surface area (Å²) in [6.45, 7) is 7.19. The number of nitrogens with one attached hydrogen (secondary N) is 1. The van der Waals surface area contributed by atoms with Crippen molar-refractivity contribution in [2.24, 2.45) is 5.84 Å². The molecule has 5 heteroatoms. The quantitative estimate of drug-likeness (QED) is 0.602. The first-order valence-corrected chi connectivity index (χ1v) is 7.31. The maximum absolute atomic E-state index is 5.74. The summed E-state index contributed by atoms with van der Waals surface area (Å²) in [5, 5.41) is 4.58. The second-order valence-corrected chi connectivity index (χ2v) is 4.87. The first-order chi connectivity index (χ1) is 9.73. The van der Waals surface area contributed by atoms with Crippen molar-refractivity contribution in [3.63, 3.8) is 0 Å². The number of hydrogen-bond acceptors (Lipinski definition) is 4. The summed E-state index contributed by atoms with van der Waals surface area (Å²) in [6.07, 6.45) is 4.36. The summed E-state index contributed by atoms with van der Waals surface area (Å²) in [5.74, 6) is 6.74. The Morgan fingerprint density at radius 3 is 2.75 bits per heavy atom. The molecule has 3 N–H and O–H groups in total. The summed E-state index contributed by atoms with van der Waals surface area (Å²) in [7, 11) is 0. The van der Waals surface area contributed by atoms with Crippen molar-refractivity contribution in [2.45, 2.75) is 52.6 Å². The van der Waals surface area contributed by atoms with Crippen LogP contribution in [0.5, 0.6) is 0 Å². The molecule has 0 aromatic carbocycles. The first kappa shape index (κ1) is 14.8. The van der Waals surface area contributed by atoms with E-state index < -0.39 is 0 Å². The van der Waals surface area contributed by atoms with Crippen LogP contribution in [-0.2, 0) is 25.8 Å². The Morgan fingerprint density at radius 1 is 1.35 bits per heavy atom. The average Bonchev–Trinajstić information content (AvgIpc) is 3.10. The minimum Gasteiger partial charge on any atom is -0.469 e. The fraction of sp³-hybridized carbons (Fsp3) is 0.533. The summed E-state index contributed by atoms with van der Waals surface area (Å²) in [5.41, 5.74) is 6.37. The molecule has 2 heterocycles. The van der Waals surface area contributed by atoms with Crippen LogP contribution in [0.3, 0.4) is 0 Å². The second-order valence-electron chi connectivity index (χ2n) is 4.87. The van der Waals surface area contributed by atoms with Crippen molar-refractivity contribution in [1.82, 2.24) is 15.2 Å². The van der Waals surface area contributed by atoms with Crippen LogP contribution in [0, 0.1) is 0 Å². The van der Waals surface area contributed by atoms with Gasteiger partial charge in [0, 0.05) is 30.6 Å². The van der Waals surface area contributed by atoms with Crippen LogP contribution in [-0.4, -0.2) is 9.78 Å². The second kappa shape index (κ2) is 6.72. The molecule has 0 aliphatic heterocycles. The summed E-state index contributed by atoms with van der Waals surface area (Å²) < 4.78 is 7.55. The van der Waals surface area contributed by atoms with E-state index in [4.69, 9.17) is 10.3 Å². The summed E-state index contributed by atoms with van der Waals surface area (Å²) in [4.78, 5) is 0. The molecule has 20 heavy (non-hydrogen) atoms. The molecule has 0 radical (unpaired) electrons. The highest BCUT2D eigenvalue weighted by Crippen LogP contribution is 2.23. The van der Waals surface area contributed by atoms with Gasteiger partial charge in [0.2, 0.25) is 0 Å². The Balaban J connectivity index is 2.24. The van der Waals surface area contributed by atoms with Gasteiger partial charge in [0.25, 0.3) is 0 Å². The van der Waals surface area contributed by atoms with Crippen molar-refractivity contribution in [2.75, 3.05) is 0 Å². The molecule has 0 aliphatic carbocycles. The highest BCUT2D eigenvalue weighted by atomic mass is 16.3. The first-order valence-electron chi connectivity index (χ1n) is 7.31. The maximum Gasteiger partial charge on any atom is 0.108 e. The van der Waals surface area contributed by atoms with E-state index in [1.165, 1.54) is 5.69 Å². The monoisotopic (exact) mass is 276 g/mol. The van der Waals surface area contributed by atoms with E-state index in [1.807, 2.05) is 6.07 Å². The molecule has 2 rings (SSSR count). The number of nitrogens with two attached hydrogens (primary N) is 1. The van der Waals surface area contributed by atoms with Crippen molar-refractivity contribution >= 4 is 0 Å². The van der Waals surface area contributed by atoms with E-state index in [9.17, 15) is 0 Å². The normalized spacial score (nSPS) is 12.8. The van der Waals surface area contributed by atoms with Gasteiger partial charge in [-0.2, -0.15) is 5.10 Å². The number of aromatic nitrogens is 2. The van der Waals surface area contributed by atoms with Gasteiger partial charge in [-0.05, 0) is 25.5 Å².